The smallest absolute Gasteiger partial charge is 0.243 e. The van der Waals surface area contributed by atoms with E-state index < -0.39 is 10.0 Å². The molecule has 4 rings (SSSR count). The van der Waals surface area contributed by atoms with Crippen molar-refractivity contribution >= 4 is 15.9 Å². The van der Waals surface area contributed by atoms with Crippen LogP contribution in [-0.2, 0) is 21.2 Å². The second kappa shape index (κ2) is 7.68. The summed E-state index contributed by atoms with van der Waals surface area (Å²) in [6.07, 6.45) is 3.30. The van der Waals surface area contributed by atoms with Gasteiger partial charge in [0.1, 0.15) is 0 Å². The molecule has 6 heteroatoms. The van der Waals surface area contributed by atoms with Crippen molar-refractivity contribution in [2.75, 3.05) is 13.1 Å². The SMILES string of the molecule is Cc1ccc(S(=O)(=O)N2CCC[C@H](C(=O)N[C@@H]3CCc4ccccc43)C2)cc1. The van der Waals surface area contributed by atoms with E-state index in [4.69, 9.17) is 0 Å². The molecule has 0 aromatic heterocycles. The summed E-state index contributed by atoms with van der Waals surface area (Å²) in [7, 11) is -3.57. The Hall–Kier alpha value is -2.18. The van der Waals surface area contributed by atoms with Gasteiger partial charge >= 0.3 is 0 Å². The standard InChI is InChI=1S/C22H26N2O3S/c1-16-8-11-19(12-9-16)28(26,27)24-14-4-6-18(15-24)22(25)23-21-13-10-17-5-2-3-7-20(17)21/h2-3,5,7-9,11-12,18,21H,4,6,10,13-15H2,1H3,(H,23,25)/t18-,21+/m0/s1. The zero-order valence-electron chi connectivity index (χ0n) is 16.1. The van der Waals surface area contributed by atoms with Crippen LogP contribution < -0.4 is 5.32 Å². The van der Waals surface area contributed by atoms with Crippen LogP contribution in [0.1, 0.15) is 42.0 Å². The minimum absolute atomic E-state index is 0.0350. The van der Waals surface area contributed by atoms with Gasteiger partial charge in [-0.3, -0.25) is 4.79 Å². The van der Waals surface area contributed by atoms with Gasteiger partial charge in [0.2, 0.25) is 15.9 Å². The normalized spacial score (nSPS) is 22.6. The number of piperidine rings is 1. The second-order valence-corrected chi connectivity index (χ2v) is 9.75. The molecular formula is C22H26N2O3S. The van der Waals surface area contributed by atoms with Gasteiger partial charge in [-0.2, -0.15) is 4.31 Å². The molecule has 0 radical (unpaired) electrons. The maximum Gasteiger partial charge on any atom is 0.243 e. The number of nitrogens with zero attached hydrogens (tertiary/aromatic N) is 1. The number of sulfonamides is 1. The molecular weight excluding hydrogens is 372 g/mol. The first-order chi connectivity index (χ1) is 13.4. The topological polar surface area (TPSA) is 66.5 Å². The molecule has 1 heterocycles. The molecule has 0 spiro atoms. The van der Waals surface area contributed by atoms with Crippen molar-refractivity contribution < 1.29 is 13.2 Å². The Morgan fingerprint density at radius 1 is 1.07 bits per heavy atom. The van der Waals surface area contributed by atoms with Gasteiger partial charge < -0.3 is 5.32 Å². The molecule has 0 saturated carbocycles. The van der Waals surface area contributed by atoms with Crippen molar-refractivity contribution in [2.45, 2.75) is 43.5 Å². The van der Waals surface area contributed by atoms with E-state index in [1.165, 1.54) is 15.4 Å². The van der Waals surface area contributed by atoms with E-state index in [0.717, 1.165) is 24.8 Å². The maximum absolute atomic E-state index is 13.0. The van der Waals surface area contributed by atoms with Crippen LogP contribution in [0.15, 0.2) is 53.4 Å². The van der Waals surface area contributed by atoms with Crippen molar-refractivity contribution in [3.05, 3.63) is 65.2 Å². The molecule has 2 aliphatic rings. The van der Waals surface area contributed by atoms with Crippen LogP contribution in [0.5, 0.6) is 0 Å². The second-order valence-electron chi connectivity index (χ2n) is 7.81. The van der Waals surface area contributed by atoms with E-state index in [1.807, 2.05) is 19.1 Å². The van der Waals surface area contributed by atoms with Gasteiger partial charge in [-0.05, 0) is 55.9 Å². The summed E-state index contributed by atoms with van der Waals surface area (Å²) >= 11 is 0. The zero-order valence-corrected chi connectivity index (χ0v) is 16.9. The van der Waals surface area contributed by atoms with Crippen molar-refractivity contribution in [3.8, 4) is 0 Å². The molecule has 2 aromatic carbocycles. The third-order valence-corrected chi connectivity index (χ3v) is 7.74. The molecule has 0 bridgehead atoms. The van der Waals surface area contributed by atoms with Crippen molar-refractivity contribution in [1.29, 1.82) is 0 Å². The number of carbonyl (C=O) groups is 1. The zero-order chi connectivity index (χ0) is 19.7. The largest absolute Gasteiger partial charge is 0.349 e. The summed E-state index contributed by atoms with van der Waals surface area (Å²) in [5, 5.41) is 3.16. The number of hydrogen-bond acceptors (Lipinski definition) is 3. The Balaban J connectivity index is 1.45. The number of fused-ring (bicyclic) bond motifs is 1. The molecule has 1 aliphatic heterocycles. The van der Waals surface area contributed by atoms with Gasteiger partial charge in [-0.25, -0.2) is 8.42 Å². The Bertz CT molecular complexity index is 970. The number of carbonyl (C=O) groups excluding carboxylic acids is 1. The van der Waals surface area contributed by atoms with Gasteiger partial charge in [0.15, 0.2) is 0 Å². The highest BCUT2D eigenvalue weighted by Crippen LogP contribution is 2.32. The molecule has 28 heavy (non-hydrogen) atoms. The van der Waals surface area contributed by atoms with E-state index in [9.17, 15) is 13.2 Å². The lowest BCUT2D eigenvalue weighted by atomic mass is 9.98. The third kappa shape index (κ3) is 3.71. The van der Waals surface area contributed by atoms with Crippen LogP contribution in [0.25, 0.3) is 0 Å². The van der Waals surface area contributed by atoms with E-state index in [-0.39, 0.29) is 24.4 Å². The molecule has 1 N–H and O–H groups in total. The number of hydrogen-bond donors (Lipinski definition) is 1. The minimum atomic E-state index is -3.57. The fraction of sp³-hybridized carbons (Fsp3) is 0.409. The first-order valence-electron chi connectivity index (χ1n) is 9.90. The summed E-state index contributed by atoms with van der Waals surface area (Å²) < 4.78 is 27.4. The van der Waals surface area contributed by atoms with E-state index in [2.05, 4.69) is 17.4 Å². The van der Waals surface area contributed by atoms with Crippen LogP contribution >= 0.6 is 0 Å². The predicted octanol–water partition coefficient (Wildman–Crippen LogP) is 3.20. The molecule has 2 aromatic rings. The molecule has 2 atom stereocenters. The van der Waals surface area contributed by atoms with Gasteiger partial charge in [-0.15, -0.1) is 0 Å². The molecule has 5 nitrogen and oxygen atoms in total. The van der Waals surface area contributed by atoms with Gasteiger partial charge in [0.25, 0.3) is 0 Å². The fourth-order valence-corrected chi connectivity index (χ4v) is 5.75. The lowest BCUT2D eigenvalue weighted by molar-refractivity contribution is -0.126. The van der Waals surface area contributed by atoms with E-state index >= 15 is 0 Å². The number of aryl methyl sites for hydroxylation is 2. The lowest BCUT2D eigenvalue weighted by Crippen LogP contribution is -2.45. The Kier molecular flexibility index (Phi) is 5.25. The maximum atomic E-state index is 13.0. The van der Waals surface area contributed by atoms with E-state index in [1.54, 1.807) is 24.3 Å². The van der Waals surface area contributed by atoms with Crippen LogP contribution in [0, 0.1) is 12.8 Å². The average molecular weight is 399 g/mol. The first-order valence-corrected chi connectivity index (χ1v) is 11.3. The van der Waals surface area contributed by atoms with Crippen molar-refractivity contribution in [3.63, 3.8) is 0 Å². The van der Waals surface area contributed by atoms with Gasteiger partial charge in [0, 0.05) is 13.1 Å². The quantitative estimate of drug-likeness (QED) is 0.860. The number of benzene rings is 2. The molecule has 148 valence electrons. The monoisotopic (exact) mass is 398 g/mol. The average Bonchev–Trinajstić information content (AvgIpc) is 3.11. The van der Waals surface area contributed by atoms with Gasteiger partial charge in [-0.1, -0.05) is 42.0 Å². The third-order valence-electron chi connectivity index (χ3n) is 5.86. The number of amides is 1. The van der Waals surface area contributed by atoms with Crippen LogP contribution in [0.2, 0.25) is 0 Å². The molecule has 0 unspecified atom stereocenters. The molecule has 1 amide bonds. The Morgan fingerprint density at radius 2 is 1.82 bits per heavy atom. The van der Waals surface area contributed by atoms with Crippen LogP contribution in [-0.4, -0.2) is 31.7 Å². The summed E-state index contributed by atoms with van der Waals surface area (Å²) in [5.41, 5.74) is 3.50. The summed E-state index contributed by atoms with van der Waals surface area (Å²) in [4.78, 5) is 13.2. The summed E-state index contributed by atoms with van der Waals surface area (Å²) in [6, 6.07) is 15.1. The van der Waals surface area contributed by atoms with Gasteiger partial charge in [0.05, 0.1) is 16.9 Å². The summed E-state index contributed by atoms with van der Waals surface area (Å²) in [6.45, 7) is 2.64. The van der Waals surface area contributed by atoms with Crippen molar-refractivity contribution in [2.24, 2.45) is 5.92 Å². The van der Waals surface area contributed by atoms with Crippen LogP contribution in [0.3, 0.4) is 0 Å². The molecule has 1 aliphatic carbocycles. The highest BCUT2D eigenvalue weighted by atomic mass is 32.2. The fourth-order valence-electron chi connectivity index (χ4n) is 4.23. The van der Waals surface area contributed by atoms with Crippen LogP contribution in [0.4, 0.5) is 0 Å². The Morgan fingerprint density at radius 3 is 2.61 bits per heavy atom. The van der Waals surface area contributed by atoms with Crippen molar-refractivity contribution in [1.82, 2.24) is 9.62 Å². The Labute approximate surface area is 166 Å². The highest BCUT2D eigenvalue weighted by molar-refractivity contribution is 7.89. The van der Waals surface area contributed by atoms with E-state index in [0.29, 0.717) is 17.9 Å². The number of rotatable bonds is 4. The molecule has 1 fully saturated rings. The lowest BCUT2D eigenvalue weighted by Gasteiger charge is -2.32. The number of nitrogens with one attached hydrogen (secondary N) is 1. The predicted molar refractivity (Wildman–Crippen MR) is 108 cm³/mol. The summed E-state index contributed by atoms with van der Waals surface area (Å²) in [5.74, 6) is -0.341. The minimum Gasteiger partial charge on any atom is -0.349 e. The highest BCUT2D eigenvalue weighted by Gasteiger charge is 2.34. The first kappa shape index (κ1) is 19.2. The molecule has 1 saturated heterocycles.